The van der Waals surface area contributed by atoms with E-state index in [1.54, 1.807) is 6.07 Å². The number of phenols is 1. The number of fused-ring (bicyclic) bond motifs is 1. The zero-order valence-corrected chi connectivity index (χ0v) is 15.2. The van der Waals surface area contributed by atoms with Gasteiger partial charge in [-0.25, -0.2) is 0 Å². The zero-order valence-electron chi connectivity index (χ0n) is 15.2. The zero-order chi connectivity index (χ0) is 18.3. The summed E-state index contributed by atoms with van der Waals surface area (Å²) < 4.78 is 0. The maximum Gasteiger partial charge on any atom is 0.151 e. The van der Waals surface area contributed by atoms with E-state index < -0.39 is 0 Å². The molecule has 2 atom stereocenters. The maximum absolute atomic E-state index is 10.3. The van der Waals surface area contributed by atoms with Crippen molar-refractivity contribution in [1.29, 1.82) is 5.26 Å². The number of likely N-dealkylation sites (N-methyl/N-ethyl adjacent to an activating group) is 1. The summed E-state index contributed by atoms with van der Waals surface area (Å²) in [5.41, 5.74) is 2.53. The molecule has 6 nitrogen and oxygen atoms in total. The minimum atomic E-state index is 0.0683. The molecule has 2 aliphatic heterocycles. The van der Waals surface area contributed by atoms with Gasteiger partial charge >= 0.3 is 0 Å². The normalized spacial score (nSPS) is 22.9. The van der Waals surface area contributed by atoms with Gasteiger partial charge < -0.3 is 14.9 Å². The quantitative estimate of drug-likeness (QED) is 0.898. The Morgan fingerprint density at radius 3 is 2.69 bits per heavy atom. The van der Waals surface area contributed by atoms with E-state index in [-0.39, 0.29) is 5.75 Å². The molecule has 0 saturated carbocycles. The predicted octanol–water partition coefficient (Wildman–Crippen LogP) is 2.56. The lowest BCUT2D eigenvalue weighted by atomic mass is 9.92. The number of aryl methyl sites for hydroxylation is 1. The van der Waals surface area contributed by atoms with Gasteiger partial charge in [-0.15, -0.1) is 10.2 Å². The first-order valence-electron chi connectivity index (χ1n) is 9.10. The fourth-order valence-electron chi connectivity index (χ4n) is 4.36. The molecular weight excluding hydrogens is 326 g/mol. The monoisotopic (exact) mass is 349 g/mol. The summed E-state index contributed by atoms with van der Waals surface area (Å²) in [5.74, 6) is 1.72. The van der Waals surface area contributed by atoms with Crippen molar-refractivity contribution in [2.45, 2.75) is 25.8 Å². The first kappa shape index (κ1) is 16.8. The van der Waals surface area contributed by atoms with Gasteiger partial charge in [0.2, 0.25) is 0 Å². The van der Waals surface area contributed by atoms with Crippen LogP contribution in [-0.2, 0) is 0 Å². The van der Waals surface area contributed by atoms with Crippen LogP contribution in [-0.4, -0.2) is 52.9 Å². The molecule has 2 fully saturated rings. The predicted molar refractivity (Wildman–Crippen MR) is 99.9 cm³/mol. The van der Waals surface area contributed by atoms with Crippen LogP contribution in [0.5, 0.6) is 5.75 Å². The standard InChI is InChI=1S/C20H23N5O/c1-13-9-14(11-21)10-18(26)20(13)16-3-4-19(23-22-16)25-8-6-15-5-7-24(2)12-17(15)25/h3-4,9-10,15,17,26H,5-8,12H2,1-2H3/t15-,17-/m1/s1. The topological polar surface area (TPSA) is 76.3 Å². The molecule has 0 radical (unpaired) electrons. The molecule has 0 unspecified atom stereocenters. The van der Waals surface area contributed by atoms with E-state index in [0.29, 0.717) is 22.9 Å². The number of benzene rings is 1. The summed E-state index contributed by atoms with van der Waals surface area (Å²) in [5, 5.41) is 28.1. The maximum atomic E-state index is 10.3. The summed E-state index contributed by atoms with van der Waals surface area (Å²) in [6, 6.07) is 9.71. The van der Waals surface area contributed by atoms with Crippen molar-refractivity contribution in [3.05, 3.63) is 35.4 Å². The lowest BCUT2D eigenvalue weighted by Gasteiger charge is -2.36. The second-order valence-corrected chi connectivity index (χ2v) is 7.44. The van der Waals surface area contributed by atoms with E-state index in [9.17, 15) is 5.11 Å². The van der Waals surface area contributed by atoms with Crippen LogP contribution < -0.4 is 4.90 Å². The van der Waals surface area contributed by atoms with Gasteiger partial charge in [0.05, 0.1) is 17.3 Å². The Kier molecular flexibility index (Phi) is 4.25. The lowest BCUT2D eigenvalue weighted by Crippen LogP contribution is -2.47. The first-order valence-corrected chi connectivity index (χ1v) is 9.10. The summed E-state index contributed by atoms with van der Waals surface area (Å²) >= 11 is 0. The fraction of sp³-hybridized carbons (Fsp3) is 0.450. The Bertz CT molecular complexity index is 834. The average molecular weight is 349 g/mol. The van der Waals surface area contributed by atoms with Gasteiger partial charge in [0, 0.05) is 24.7 Å². The van der Waals surface area contributed by atoms with Gasteiger partial charge in [-0.2, -0.15) is 5.26 Å². The number of phenolic OH excluding ortho intramolecular Hbond substituents is 1. The molecule has 3 heterocycles. The fourth-order valence-corrected chi connectivity index (χ4v) is 4.36. The lowest BCUT2D eigenvalue weighted by molar-refractivity contribution is 0.207. The van der Waals surface area contributed by atoms with Crippen molar-refractivity contribution in [2.75, 3.05) is 31.6 Å². The van der Waals surface area contributed by atoms with Crippen LogP contribution in [0.3, 0.4) is 0 Å². The van der Waals surface area contributed by atoms with Crippen molar-refractivity contribution in [2.24, 2.45) is 5.92 Å². The molecule has 2 aliphatic rings. The molecule has 1 aromatic heterocycles. The Morgan fingerprint density at radius 2 is 2.00 bits per heavy atom. The number of anilines is 1. The third kappa shape index (κ3) is 2.89. The highest BCUT2D eigenvalue weighted by Gasteiger charge is 2.38. The summed E-state index contributed by atoms with van der Waals surface area (Å²) in [4.78, 5) is 4.77. The van der Waals surface area contributed by atoms with Crippen LogP contribution >= 0.6 is 0 Å². The van der Waals surface area contributed by atoms with E-state index in [1.807, 2.05) is 19.1 Å². The SMILES string of the molecule is Cc1cc(C#N)cc(O)c1-c1ccc(N2CC[C@H]3CCN(C)C[C@H]32)nn1. The number of likely N-dealkylation sites (tertiary alicyclic amines) is 1. The van der Waals surface area contributed by atoms with Gasteiger partial charge in [-0.1, -0.05) is 0 Å². The van der Waals surface area contributed by atoms with Crippen LogP contribution in [0.1, 0.15) is 24.0 Å². The van der Waals surface area contributed by atoms with Crippen molar-refractivity contribution < 1.29 is 5.11 Å². The van der Waals surface area contributed by atoms with Crippen LogP contribution in [0, 0.1) is 24.2 Å². The van der Waals surface area contributed by atoms with Gasteiger partial charge in [-0.3, -0.25) is 0 Å². The minimum absolute atomic E-state index is 0.0683. The van der Waals surface area contributed by atoms with Crippen molar-refractivity contribution in [3.8, 4) is 23.1 Å². The number of nitriles is 1. The minimum Gasteiger partial charge on any atom is -0.507 e. The summed E-state index contributed by atoms with van der Waals surface area (Å²) in [6.07, 6.45) is 2.47. The second-order valence-electron chi connectivity index (χ2n) is 7.44. The molecule has 1 aromatic carbocycles. The molecule has 2 saturated heterocycles. The van der Waals surface area contributed by atoms with Crippen molar-refractivity contribution in [1.82, 2.24) is 15.1 Å². The van der Waals surface area contributed by atoms with Crippen LogP contribution in [0.4, 0.5) is 5.82 Å². The van der Waals surface area contributed by atoms with Crippen molar-refractivity contribution in [3.63, 3.8) is 0 Å². The van der Waals surface area contributed by atoms with Crippen molar-refractivity contribution >= 4 is 5.82 Å². The van der Waals surface area contributed by atoms with Gasteiger partial charge in [0.25, 0.3) is 0 Å². The Hall–Kier alpha value is -2.65. The van der Waals surface area contributed by atoms with Crippen LogP contribution in [0.15, 0.2) is 24.3 Å². The number of hydrogen-bond donors (Lipinski definition) is 1. The van der Waals surface area contributed by atoms with Gasteiger partial charge in [-0.05, 0) is 69.1 Å². The Balaban J connectivity index is 1.61. The van der Waals surface area contributed by atoms with E-state index in [1.165, 1.54) is 25.5 Å². The largest absolute Gasteiger partial charge is 0.507 e. The van der Waals surface area contributed by atoms with E-state index in [4.69, 9.17) is 5.26 Å². The number of nitrogens with zero attached hydrogens (tertiary/aromatic N) is 5. The number of aromatic hydroxyl groups is 1. The molecule has 4 rings (SSSR count). The highest BCUT2D eigenvalue weighted by Crippen LogP contribution is 2.35. The Morgan fingerprint density at radius 1 is 1.19 bits per heavy atom. The molecule has 2 aromatic rings. The molecule has 6 heteroatoms. The third-order valence-corrected chi connectivity index (χ3v) is 5.71. The number of rotatable bonds is 2. The molecule has 1 N–H and O–H groups in total. The third-order valence-electron chi connectivity index (χ3n) is 5.71. The summed E-state index contributed by atoms with van der Waals surface area (Å²) in [6.45, 7) is 5.15. The molecule has 0 amide bonds. The number of hydrogen-bond acceptors (Lipinski definition) is 6. The van der Waals surface area contributed by atoms with E-state index >= 15 is 0 Å². The van der Waals surface area contributed by atoms with Gasteiger partial charge in [0.15, 0.2) is 5.82 Å². The Labute approximate surface area is 153 Å². The van der Waals surface area contributed by atoms with Crippen LogP contribution in [0.25, 0.3) is 11.3 Å². The molecule has 0 spiro atoms. The van der Waals surface area contributed by atoms with Gasteiger partial charge in [0.1, 0.15) is 5.75 Å². The highest BCUT2D eigenvalue weighted by molar-refractivity contribution is 5.72. The van der Waals surface area contributed by atoms with E-state index in [2.05, 4.69) is 33.1 Å². The summed E-state index contributed by atoms with van der Waals surface area (Å²) in [7, 11) is 2.18. The molecule has 0 aliphatic carbocycles. The number of aromatic nitrogens is 2. The highest BCUT2D eigenvalue weighted by atomic mass is 16.3. The molecule has 0 bridgehead atoms. The van der Waals surface area contributed by atoms with Crippen LogP contribution in [0.2, 0.25) is 0 Å². The first-order chi connectivity index (χ1) is 12.6. The molecule has 26 heavy (non-hydrogen) atoms. The average Bonchev–Trinajstić information content (AvgIpc) is 3.04. The molecule has 134 valence electrons. The number of piperidine rings is 1. The van der Waals surface area contributed by atoms with E-state index in [0.717, 1.165) is 30.4 Å². The smallest absolute Gasteiger partial charge is 0.151 e. The molecular formula is C20H23N5O. The second kappa shape index (κ2) is 6.58.